The summed E-state index contributed by atoms with van der Waals surface area (Å²) in [5.41, 5.74) is 0.543. The summed E-state index contributed by atoms with van der Waals surface area (Å²) < 4.78 is 7.29. The van der Waals surface area contributed by atoms with Crippen LogP contribution in [-0.2, 0) is 6.61 Å². The Labute approximate surface area is 96.1 Å². The third-order valence-electron chi connectivity index (χ3n) is 2.42. The van der Waals surface area contributed by atoms with Crippen molar-refractivity contribution in [1.29, 1.82) is 0 Å². The Hall–Kier alpha value is -1.81. The molecule has 0 atom stereocenters. The summed E-state index contributed by atoms with van der Waals surface area (Å²) in [7, 11) is 0. The van der Waals surface area contributed by atoms with E-state index in [1.54, 1.807) is 24.4 Å². The Kier molecular flexibility index (Phi) is 1.97. The first-order chi connectivity index (χ1) is 7.74. The van der Waals surface area contributed by atoms with E-state index >= 15 is 0 Å². The number of ether oxygens (including phenoxy) is 1. The molecule has 16 heavy (non-hydrogen) atoms. The predicted molar refractivity (Wildman–Crippen MR) is 59.2 cm³/mol. The minimum atomic E-state index is -0.264. The van der Waals surface area contributed by atoms with Crippen LogP contribution in [0.25, 0.3) is 5.69 Å². The Bertz CT molecular complexity index is 622. The van der Waals surface area contributed by atoms with Gasteiger partial charge in [-0.25, -0.2) is 0 Å². The van der Waals surface area contributed by atoms with Crippen LogP contribution in [0.1, 0.15) is 5.82 Å². The number of benzene rings is 1. The van der Waals surface area contributed by atoms with Gasteiger partial charge in [0.1, 0.15) is 12.4 Å². The van der Waals surface area contributed by atoms with Crippen molar-refractivity contribution in [3.8, 4) is 11.4 Å². The lowest BCUT2D eigenvalue weighted by Crippen LogP contribution is -2.21. The van der Waals surface area contributed by atoms with Crippen molar-refractivity contribution in [3.05, 3.63) is 51.7 Å². The maximum atomic E-state index is 11.1. The lowest BCUT2D eigenvalue weighted by molar-refractivity contribution is 0.276. The van der Waals surface area contributed by atoms with E-state index in [0.717, 1.165) is 11.4 Å². The summed E-state index contributed by atoms with van der Waals surface area (Å²) in [5.74, 6) is 1.32. The van der Waals surface area contributed by atoms with Gasteiger partial charge in [0.25, 0.3) is 5.56 Å². The number of halogens is 1. The van der Waals surface area contributed by atoms with Crippen LogP contribution >= 0.6 is 11.6 Å². The second kappa shape index (κ2) is 3.35. The van der Waals surface area contributed by atoms with Gasteiger partial charge < -0.3 is 4.74 Å². The maximum absolute atomic E-state index is 11.1. The van der Waals surface area contributed by atoms with Crippen molar-refractivity contribution < 1.29 is 4.74 Å². The molecular weight excluding hydrogens is 228 g/mol. The molecule has 3 rings (SSSR count). The molecule has 1 aromatic carbocycles. The van der Waals surface area contributed by atoms with Crippen molar-refractivity contribution in [2.45, 2.75) is 6.61 Å². The first-order valence-electron chi connectivity index (χ1n) is 4.75. The molecule has 0 saturated heterocycles. The van der Waals surface area contributed by atoms with Crippen molar-refractivity contribution in [2.75, 3.05) is 0 Å². The van der Waals surface area contributed by atoms with Gasteiger partial charge in [0.05, 0.1) is 5.69 Å². The lowest BCUT2D eigenvalue weighted by Gasteiger charge is -2.21. The SMILES string of the molecule is O=c1ccn2c(n1)COc1ccc(Cl)cc1-2. The van der Waals surface area contributed by atoms with Gasteiger partial charge in [-0.2, -0.15) is 4.98 Å². The molecule has 0 saturated carbocycles. The van der Waals surface area contributed by atoms with Gasteiger partial charge in [0.15, 0.2) is 5.82 Å². The third-order valence-corrected chi connectivity index (χ3v) is 2.66. The zero-order chi connectivity index (χ0) is 11.1. The summed E-state index contributed by atoms with van der Waals surface area (Å²) in [5, 5.41) is 0.619. The van der Waals surface area contributed by atoms with Gasteiger partial charge >= 0.3 is 0 Å². The highest BCUT2D eigenvalue weighted by Crippen LogP contribution is 2.30. The Balaban J connectivity index is 2.29. The van der Waals surface area contributed by atoms with Crippen molar-refractivity contribution in [2.24, 2.45) is 0 Å². The van der Waals surface area contributed by atoms with Gasteiger partial charge in [-0.3, -0.25) is 9.36 Å². The Morgan fingerprint density at radius 1 is 1.38 bits per heavy atom. The summed E-state index contributed by atoms with van der Waals surface area (Å²) in [6.45, 7) is 0.296. The van der Waals surface area contributed by atoms with Crippen LogP contribution in [0.15, 0.2) is 35.3 Å². The highest BCUT2D eigenvalue weighted by molar-refractivity contribution is 6.30. The molecule has 80 valence electrons. The number of aromatic nitrogens is 2. The zero-order valence-corrected chi connectivity index (χ0v) is 8.94. The number of hydrogen-bond acceptors (Lipinski definition) is 3. The van der Waals surface area contributed by atoms with E-state index in [4.69, 9.17) is 16.3 Å². The minimum absolute atomic E-state index is 0.264. The summed E-state index contributed by atoms with van der Waals surface area (Å²) in [6.07, 6.45) is 1.68. The van der Waals surface area contributed by atoms with Crippen LogP contribution in [0.4, 0.5) is 0 Å². The van der Waals surface area contributed by atoms with E-state index in [0.29, 0.717) is 17.5 Å². The average Bonchev–Trinajstić information content (AvgIpc) is 2.28. The fourth-order valence-electron chi connectivity index (χ4n) is 1.71. The van der Waals surface area contributed by atoms with Gasteiger partial charge in [0, 0.05) is 17.3 Å². The van der Waals surface area contributed by atoms with E-state index in [-0.39, 0.29) is 5.56 Å². The van der Waals surface area contributed by atoms with Crippen LogP contribution in [-0.4, -0.2) is 9.55 Å². The molecule has 1 aliphatic heterocycles. The molecule has 0 unspecified atom stereocenters. The smallest absolute Gasteiger partial charge is 0.272 e. The highest BCUT2D eigenvalue weighted by Gasteiger charge is 2.16. The molecular formula is C11H7ClN2O2. The molecule has 2 aromatic rings. The highest BCUT2D eigenvalue weighted by atomic mass is 35.5. The molecule has 0 amide bonds. The number of nitrogens with zero attached hydrogens (tertiary/aromatic N) is 2. The van der Waals surface area contributed by atoms with E-state index < -0.39 is 0 Å². The van der Waals surface area contributed by atoms with Crippen LogP contribution < -0.4 is 10.3 Å². The number of fused-ring (bicyclic) bond motifs is 3. The van der Waals surface area contributed by atoms with E-state index in [1.165, 1.54) is 6.07 Å². The second-order valence-electron chi connectivity index (χ2n) is 3.45. The second-order valence-corrected chi connectivity index (χ2v) is 3.89. The Morgan fingerprint density at radius 2 is 2.25 bits per heavy atom. The fourth-order valence-corrected chi connectivity index (χ4v) is 1.87. The lowest BCUT2D eigenvalue weighted by atomic mass is 10.2. The van der Waals surface area contributed by atoms with Crippen LogP contribution in [0.2, 0.25) is 5.02 Å². The molecule has 4 nitrogen and oxygen atoms in total. The fraction of sp³-hybridized carbons (Fsp3) is 0.0909. The zero-order valence-electron chi connectivity index (χ0n) is 8.18. The average molecular weight is 235 g/mol. The summed E-state index contributed by atoms with van der Waals surface area (Å²) >= 11 is 5.92. The molecule has 0 aliphatic carbocycles. The quantitative estimate of drug-likeness (QED) is 0.698. The first-order valence-corrected chi connectivity index (χ1v) is 5.13. The van der Waals surface area contributed by atoms with E-state index in [2.05, 4.69) is 4.98 Å². The van der Waals surface area contributed by atoms with Gasteiger partial charge in [-0.1, -0.05) is 11.6 Å². The maximum Gasteiger partial charge on any atom is 0.272 e. The molecule has 5 heteroatoms. The topological polar surface area (TPSA) is 44.1 Å². The predicted octanol–water partition coefficient (Wildman–Crippen LogP) is 1.78. The van der Waals surface area contributed by atoms with Crippen LogP contribution in [0, 0.1) is 0 Å². The molecule has 0 radical (unpaired) electrons. The van der Waals surface area contributed by atoms with Gasteiger partial charge in [-0.15, -0.1) is 0 Å². The largest absolute Gasteiger partial charge is 0.483 e. The van der Waals surface area contributed by atoms with Gasteiger partial charge in [0.2, 0.25) is 0 Å². The molecule has 0 spiro atoms. The Morgan fingerprint density at radius 3 is 3.12 bits per heavy atom. The number of hydrogen-bond donors (Lipinski definition) is 0. The first kappa shape index (κ1) is 9.42. The molecule has 0 bridgehead atoms. The van der Waals surface area contributed by atoms with Crippen molar-refractivity contribution in [3.63, 3.8) is 0 Å². The van der Waals surface area contributed by atoms with Crippen LogP contribution in [0.5, 0.6) is 5.75 Å². The third kappa shape index (κ3) is 1.39. The standard InChI is InChI=1S/C11H7ClN2O2/c12-7-1-2-9-8(5-7)14-4-3-11(15)13-10(14)6-16-9/h1-5H,6H2. The molecule has 2 heterocycles. The van der Waals surface area contributed by atoms with Crippen molar-refractivity contribution in [1.82, 2.24) is 9.55 Å². The van der Waals surface area contributed by atoms with Crippen LogP contribution in [0.3, 0.4) is 0 Å². The number of rotatable bonds is 0. The van der Waals surface area contributed by atoms with Gasteiger partial charge in [-0.05, 0) is 18.2 Å². The molecule has 0 fully saturated rings. The molecule has 1 aliphatic rings. The monoisotopic (exact) mass is 234 g/mol. The van der Waals surface area contributed by atoms with Crippen molar-refractivity contribution >= 4 is 11.6 Å². The van der Waals surface area contributed by atoms with E-state index in [1.807, 2.05) is 4.57 Å². The minimum Gasteiger partial charge on any atom is -0.483 e. The summed E-state index contributed by atoms with van der Waals surface area (Å²) in [6, 6.07) is 6.77. The normalized spacial score (nSPS) is 12.6. The summed E-state index contributed by atoms with van der Waals surface area (Å²) in [4.78, 5) is 15.0. The molecule has 0 N–H and O–H groups in total. The van der Waals surface area contributed by atoms with E-state index in [9.17, 15) is 4.79 Å². The molecule has 1 aromatic heterocycles.